The maximum atomic E-state index is 13.5. The van der Waals surface area contributed by atoms with Crippen molar-refractivity contribution in [3.05, 3.63) is 77.4 Å². The molecule has 0 fully saturated rings. The van der Waals surface area contributed by atoms with E-state index in [-0.39, 0.29) is 11.7 Å². The summed E-state index contributed by atoms with van der Waals surface area (Å²) in [5.74, 6) is -0.156. The summed E-state index contributed by atoms with van der Waals surface area (Å²) < 4.78 is 19.7. The van der Waals surface area contributed by atoms with Crippen LogP contribution in [-0.2, 0) is 9.53 Å². The minimum Gasteiger partial charge on any atom is -0.482 e. The minimum absolute atomic E-state index is 0.278. The van der Waals surface area contributed by atoms with Crippen LogP contribution >= 0.6 is 0 Å². The summed E-state index contributed by atoms with van der Waals surface area (Å²) in [5, 5.41) is 3.83. The van der Waals surface area contributed by atoms with Crippen molar-refractivity contribution in [3.8, 4) is 0 Å². The fourth-order valence-electron chi connectivity index (χ4n) is 3.83. The van der Waals surface area contributed by atoms with Gasteiger partial charge in [0.1, 0.15) is 17.2 Å². The molecule has 134 valence electrons. The van der Waals surface area contributed by atoms with Crippen molar-refractivity contribution < 1.29 is 13.9 Å². The number of hydrogen-bond acceptors (Lipinski definition) is 2. The van der Waals surface area contributed by atoms with E-state index in [1.165, 1.54) is 12.1 Å². The molecule has 5 rings (SSSR count). The zero-order valence-corrected chi connectivity index (χ0v) is 14.9. The molecule has 2 aromatic carbocycles. The van der Waals surface area contributed by atoms with Gasteiger partial charge in [-0.15, -0.1) is 0 Å². The van der Waals surface area contributed by atoms with Crippen molar-refractivity contribution >= 4 is 33.6 Å². The SMILES string of the molecule is CC1(C)O/C(=C2/C(=O)Nc3cc(F)ccc32)C=C1c1ccc2[nH]ccc2c1. The van der Waals surface area contributed by atoms with E-state index in [9.17, 15) is 9.18 Å². The molecule has 0 bridgehead atoms. The fourth-order valence-corrected chi connectivity index (χ4v) is 3.83. The molecule has 0 unspecified atom stereocenters. The maximum absolute atomic E-state index is 13.5. The lowest BCUT2D eigenvalue weighted by Gasteiger charge is -2.23. The number of carbonyl (C=O) groups is 1. The second kappa shape index (κ2) is 5.33. The number of aromatic amines is 1. The van der Waals surface area contributed by atoms with Gasteiger partial charge in [0.05, 0.1) is 11.3 Å². The Hall–Kier alpha value is -3.34. The van der Waals surface area contributed by atoms with Crippen LogP contribution in [0.4, 0.5) is 10.1 Å². The van der Waals surface area contributed by atoms with Gasteiger partial charge in [-0.3, -0.25) is 4.79 Å². The van der Waals surface area contributed by atoms with E-state index in [0.717, 1.165) is 22.0 Å². The molecule has 27 heavy (non-hydrogen) atoms. The number of rotatable bonds is 1. The molecule has 0 radical (unpaired) electrons. The summed E-state index contributed by atoms with van der Waals surface area (Å²) >= 11 is 0. The number of benzene rings is 2. The van der Waals surface area contributed by atoms with E-state index in [0.29, 0.717) is 22.6 Å². The minimum atomic E-state index is -0.588. The third kappa shape index (κ3) is 2.39. The summed E-state index contributed by atoms with van der Waals surface area (Å²) in [4.78, 5) is 15.7. The van der Waals surface area contributed by atoms with Gasteiger partial charge in [-0.05, 0) is 67.3 Å². The highest BCUT2D eigenvalue weighted by Crippen LogP contribution is 2.44. The number of nitrogens with one attached hydrogen (secondary N) is 2. The van der Waals surface area contributed by atoms with Gasteiger partial charge in [-0.2, -0.15) is 0 Å². The van der Waals surface area contributed by atoms with Crippen molar-refractivity contribution in [2.45, 2.75) is 19.4 Å². The molecule has 5 heteroatoms. The normalized spacial score (nSPS) is 20.4. The first-order valence-electron chi connectivity index (χ1n) is 8.77. The molecule has 1 aromatic heterocycles. The van der Waals surface area contributed by atoms with Crippen molar-refractivity contribution in [3.63, 3.8) is 0 Å². The first-order valence-corrected chi connectivity index (χ1v) is 8.77. The smallest absolute Gasteiger partial charge is 0.260 e. The van der Waals surface area contributed by atoms with Gasteiger partial charge in [0, 0.05) is 22.9 Å². The highest BCUT2D eigenvalue weighted by Gasteiger charge is 2.38. The van der Waals surface area contributed by atoms with E-state index in [1.54, 1.807) is 6.07 Å². The van der Waals surface area contributed by atoms with Crippen LogP contribution in [0.3, 0.4) is 0 Å². The molecule has 0 saturated carbocycles. The number of ether oxygens (including phenoxy) is 1. The van der Waals surface area contributed by atoms with Crippen molar-refractivity contribution in [2.24, 2.45) is 0 Å². The standard InChI is InChI=1S/C22H17FN2O2/c1-22(2)16(12-3-6-17-13(9-12)7-8-24-17)11-19(27-22)20-15-5-4-14(23)10-18(15)25-21(20)26/h3-11,24H,1-2H3,(H,25,26)/b20-19+. The number of carbonyl (C=O) groups excluding carboxylic acids is 1. The number of fused-ring (bicyclic) bond motifs is 2. The molecular formula is C22H17FN2O2. The van der Waals surface area contributed by atoms with Crippen molar-refractivity contribution in [1.82, 2.24) is 4.98 Å². The molecule has 2 aliphatic heterocycles. The predicted molar refractivity (Wildman–Crippen MR) is 103 cm³/mol. The monoisotopic (exact) mass is 360 g/mol. The van der Waals surface area contributed by atoms with Crippen LogP contribution in [0.15, 0.2) is 60.5 Å². The Kier molecular flexibility index (Phi) is 3.13. The van der Waals surface area contributed by atoms with Gasteiger partial charge in [0.2, 0.25) is 0 Å². The van der Waals surface area contributed by atoms with Crippen LogP contribution in [0.1, 0.15) is 25.0 Å². The molecule has 0 saturated heterocycles. The largest absolute Gasteiger partial charge is 0.482 e. The van der Waals surface area contributed by atoms with Crippen molar-refractivity contribution in [2.75, 3.05) is 5.32 Å². The van der Waals surface area contributed by atoms with Gasteiger partial charge >= 0.3 is 0 Å². The average Bonchev–Trinajstić information content (AvgIpc) is 3.28. The predicted octanol–water partition coefficient (Wildman–Crippen LogP) is 4.86. The number of aromatic nitrogens is 1. The average molecular weight is 360 g/mol. The third-order valence-corrected chi connectivity index (χ3v) is 5.13. The molecule has 2 aliphatic rings. The van der Waals surface area contributed by atoms with Gasteiger partial charge in [0.25, 0.3) is 5.91 Å². The maximum Gasteiger partial charge on any atom is 0.260 e. The Morgan fingerprint density at radius 3 is 2.78 bits per heavy atom. The number of hydrogen-bond donors (Lipinski definition) is 2. The second-order valence-corrected chi connectivity index (χ2v) is 7.33. The fraction of sp³-hybridized carbons (Fsp3) is 0.136. The summed E-state index contributed by atoms with van der Waals surface area (Å²) in [5.41, 5.74) is 4.09. The number of halogens is 1. The van der Waals surface area contributed by atoms with E-state index in [4.69, 9.17) is 4.74 Å². The molecule has 0 aliphatic carbocycles. The number of anilines is 1. The van der Waals surface area contributed by atoms with Gasteiger partial charge in [-0.1, -0.05) is 6.07 Å². The molecule has 3 heterocycles. The summed E-state index contributed by atoms with van der Waals surface area (Å²) in [6.07, 6.45) is 3.83. The van der Waals surface area contributed by atoms with E-state index >= 15 is 0 Å². The van der Waals surface area contributed by atoms with Crippen LogP contribution in [-0.4, -0.2) is 16.5 Å². The van der Waals surface area contributed by atoms with Crippen LogP contribution in [0.25, 0.3) is 22.0 Å². The van der Waals surface area contributed by atoms with Crippen LogP contribution in [0.5, 0.6) is 0 Å². The number of H-pyrrole nitrogens is 1. The Morgan fingerprint density at radius 1 is 1.07 bits per heavy atom. The second-order valence-electron chi connectivity index (χ2n) is 7.33. The van der Waals surface area contributed by atoms with Gasteiger partial charge < -0.3 is 15.0 Å². The molecule has 1 amide bonds. The third-order valence-electron chi connectivity index (χ3n) is 5.13. The molecular weight excluding hydrogens is 343 g/mol. The van der Waals surface area contributed by atoms with E-state index in [1.807, 2.05) is 44.3 Å². The lowest BCUT2D eigenvalue weighted by molar-refractivity contribution is -0.111. The molecule has 4 nitrogen and oxygen atoms in total. The summed E-state index contributed by atoms with van der Waals surface area (Å²) in [7, 11) is 0. The van der Waals surface area contributed by atoms with E-state index in [2.05, 4.69) is 16.4 Å². The summed E-state index contributed by atoms with van der Waals surface area (Å²) in [6, 6.07) is 12.5. The molecule has 2 N–H and O–H groups in total. The van der Waals surface area contributed by atoms with Crippen molar-refractivity contribution in [1.29, 1.82) is 0 Å². The van der Waals surface area contributed by atoms with Gasteiger partial charge in [-0.25, -0.2) is 4.39 Å². The van der Waals surface area contributed by atoms with Crippen LogP contribution < -0.4 is 5.32 Å². The molecule has 0 spiro atoms. The Labute approximate surface area is 155 Å². The Balaban J connectivity index is 1.67. The van der Waals surface area contributed by atoms with Crippen LogP contribution in [0.2, 0.25) is 0 Å². The van der Waals surface area contributed by atoms with Crippen LogP contribution in [0, 0.1) is 5.82 Å². The highest BCUT2D eigenvalue weighted by molar-refractivity contribution is 6.32. The van der Waals surface area contributed by atoms with E-state index < -0.39 is 5.60 Å². The quantitative estimate of drug-likeness (QED) is 0.609. The first-order chi connectivity index (χ1) is 12.9. The Bertz CT molecular complexity index is 1180. The zero-order chi connectivity index (χ0) is 18.8. The van der Waals surface area contributed by atoms with Gasteiger partial charge in [0.15, 0.2) is 0 Å². The molecule has 0 atom stereocenters. The number of amides is 1. The summed E-state index contributed by atoms with van der Waals surface area (Å²) in [6.45, 7) is 3.96. The lowest BCUT2D eigenvalue weighted by Crippen LogP contribution is -2.21. The molecule has 3 aromatic rings. The first kappa shape index (κ1) is 15.9. The lowest BCUT2D eigenvalue weighted by atomic mass is 9.91. The number of allylic oxidation sites excluding steroid dienone is 1. The zero-order valence-electron chi connectivity index (χ0n) is 14.9. The highest BCUT2D eigenvalue weighted by atomic mass is 19.1. The topological polar surface area (TPSA) is 54.1 Å². The Morgan fingerprint density at radius 2 is 1.93 bits per heavy atom.